The van der Waals surface area contributed by atoms with Crippen LogP contribution in [0.25, 0.3) is 0 Å². The Kier molecular flexibility index (Phi) is 9.87. The fourth-order valence-electron chi connectivity index (χ4n) is 5.45. The van der Waals surface area contributed by atoms with Crippen molar-refractivity contribution >= 4 is 27.3 Å². The summed E-state index contributed by atoms with van der Waals surface area (Å²) in [6.07, 6.45) is 1.42. The van der Waals surface area contributed by atoms with Gasteiger partial charge in [-0.25, -0.2) is 21.6 Å². The predicted octanol–water partition coefficient (Wildman–Crippen LogP) is 4.21. The number of piperazine rings is 1. The molecule has 0 spiro atoms. The lowest BCUT2D eigenvalue weighted by molar-refractivity contribution is -0.135. The van der Waals surface area contributed by atoms with Gasteiger partial charge in [-0.15, -0.1) is 0 Å². The minimum atomic E-state index is -3.27. The largest absolute Gasteiger partial charge is 0.381 e. The van der Waals surface area contributed by atoms with Crippen LogP contribution in [-0.4, -0.2) is 74.9 Å². The monoisotopic (exact) mass is 608 g/mol. The van der Waals surface area contributed by atoms with Crippen molar-refractivity contribution in [2.24, 2.45) is 5.41 Å². The lowest BCUT2D eigenvalue weighted by Crippen LogP contribution is -2.51. The molecular formula is C30H39F3N4O4S. The van der Waals surface area contributed by atoms with Crippen molar-refractivity contribution < 1.29 is 31.2 Å². The number of hydrogen-bond donors (Lipinski definition) is 2. The number of rotatable bonds is 10. The highest BCUT2D eigenvalue weighted by Crippen LogP contribution is 2.45. The van der Waals surface area contributed by atoms with Crippen LogP contribution in [0, 0.1) is 11.2 Å². The molecule has 1 aliphatic heterocycles. The number of nitrogens with one attached hydrogen (secondary N) is 2. The van der Waals surface area contributed by atoms with Crippen LogP contribution in [0.3, 0.4) is 0 Å². The van der Waals surface area contributed by atoms with E-state index in [9.17, 15) is 31.2 Å². The Balaban J connectivity index is 1.23. The van der Waals surface area contributed by atoms with Crippen LogP contribution in [0.1, 0.15) is 50.2 Å². The van der Waals surface area contributed by atoms with Gasteiger partial charge >= 0.3 is 0 Å². The van der Waals surface area contributed by atoms with Crippen LogP contribution in [0.5, 0.6) is 0 Å². The number of anilines is 1. The summed E-state index contributed by atoms with van der Waals surface area (Å²) >= 11 is 0. The van der Waals surface area contributed by atoms with E-state index in [0.717, 1.165) is 23.1 Å². The molecule has 0 radical (unpaired) electrons. The third-order valence-electron chi connectivity index (χ3n) is 8.23. The van der Waals surface area contributed by atoms with Crippen molar-refractivity contribution in [2.75, 3.05) is 44.3 Å². The highest BCUT2D eigenvalue weighted by Gasteiger charge is 2.41. The third-order valence-corrected chi connectivity index (χ3v) is 9.36. The van der Waals surface area contributed by atoms with Gasteiger partial charge in [0, 0.05) is 70.5 Å². The zero-order chi connectivity index (χ0) is 30.5. The first-order valence-electron chi connectivity index (χ1n) is 14.2. The van der Waals surface area contributed by atoms with Crippen LogP contribution in [0.2, 0.25) is 0 Å². The highest BCUT2D eigenvalue weighted by atomic mass is 32.2. The molecule has 4 rings (SSSR count). The summed E-state index contributed by atoms with van der Waals surface area (Å²) in [5.74, 6) is -3.50. The number of hydrogen-bond acceptors (Lipinski definition) is 6. The highest BCUT2D eigenvalue weighted by molar-refractivity contribution is 7.90. The van der Waals surface area contributed by atoms with E-state index in [4.69, 9.17) is 0 Å². The van der Waals surface area contributed by atoms with Crippen molar-refractivity contribution in [1.29, 1.82) is 0 Å². The molecular weight excluding hydrogens is 569 g/mol. The zero-order valence-corrected chi connectivity index (χ0v) is 24.9. The number of nitrogens with zero attached hydrogens (tertiary/aromatic N) is 2. The van der Waals surface area contributed by atoms with Crippen LogP contribution in [-0.2, 0) is 32.5 Å². The molecule has 1 saturated carbocycles. The molecule has 230 valence electrons. The molecule has 0 aromatic heterocycles. The van der Waals surface area contributed by atoms with Crippen LogP contribution in [0.15, 0.2) is 47.4 Å². The molecule has 0 atom stereocenters. The van der Waals surface area contributed by atoms with Gasteiger partial charge in [0.2, 0.25) is 17.7 Å². The van der Waals surface area contributed by atoms with E-state index in [-0.39, 0.29) is 61.2 Å². The normalized spacial score (nSPS) is 18.8. The third kappa shape index (κ3) is 8.94. The Hall–Kier alpha value is -3.12. The van der Waals surface area contributed by atoms with Crippen LogP contribution >= 0.6 is 0 Å². The van der Waals surface area contributed by atoms with Crippen molar-refractivity contribution in [3.8, 4) is 0 Å². The van der Waals surface area contributed by atoms with E-state index < -0.39 is 21.2 Å². The molecule has 2 N–H and O–H groups in total. The topological polar surface area (TPSA) is 98.8 Å². The van der Waals surface area contributed by atoms with E-state index in [1.54, 1.807) is 35.2 Å². The molecule has 2 aromatic rings. The van der Waals surface area contributed by atoms with E-state index >= 15 is 0 Å². The van der Waals surface area contributed by atoms with Gasteiger partial charge in [0.15, 0.2) is 9.84 Å². The maximum absolute atomic E-state index is 14.1. The second-order valence-corrected chi connectivity index (χ2v) is 13.9. The fourth-order valence-corrected chi connectivity index (χ4v) is 6.08. The lowest BCUT2D eigenvalue weighted by Gasteiger charge is -2.37. The average Bonchev–Trinajstić information content (AvgIpc) is 2.93. The predicted molar refractivity (Wildman–Crippen MR) is 154 cm³/mol. The van der Waals surface area contributed by atoms with Crippen LogP contribution in [0.4, 0.5) is 18.9 Å². The SMILES string of the molecule is CC1(CC(=O)NCC(=O)N2CCN(Cc3cc(F)ccc3NCc3ccc(S(C)(=O)=O)cc3)CC2)CCC(F)(F)CC1. The van der Waals surface area contributed by atoms with Gasteiger partial charge in [-0.05, 0) is 59.7 Å². The number of alkyl halides is 2. The molecule has 0 bridgehead atoms. The Bertz CT molecular complexity index is 1370. The summed E-state index contributed by atoms with van der Waals surface area (Å²) in [6, 6.07) is 11.1. The number of benzene rings is 2. The minimum Gasteiger partial charge on any atom is -0.381 e. The summed E-state index contributed by atoms with van der Waals surface area (Å²) in [4.78, 5) is 29.2. The van der Waals surface area contributed by atoms with E-state index in [2.05, 4.69) is 15.5 Å². The van der Waals surface area contributed by atoms with Gasteiger partial charge < -0.3 is 15.5 Å². The Labute approximate surface area is 245 Å². The van der Waals surface area contributed by atoms with Gasteiger partial charge in [0.25, 0.3) is 0 Å². The molecule has 2 fully saturated rings. The first-order valence-corrected chi connectivity index (χ1v) is 16.1. The van der Waals surface area contributed by atoms with Crippen molar-refractivity contribution in [3.05, 3.63) is 59.4 Å². The summed E-state index contributed by atoms with van der Waals surface area (Å²) in [5.41, 5.74) is 1.93. The standard InChI is InChI=1S/C30H39F3N4O4S/c1-29(9-11-30(32,33)12-10-29)18-27(38)35-20-28(39)37-15-13-36(14-16-37)21-23-17-24(31)5-8-26(23)34-19-22-3-6-25(7-4-22)42(2,40)41/h3-8,17,34H,9-16,18-21H2,1-2H3,(H,35,38). The molecule has 1 heterocycles. The van der Waals surface area contributed by atoms with Crippen molar-refractivity contribution in [2.45, 2.75) is 62.9 Å². The zero-order valence-electron chi connectivity index (χ0n) is 24.1. The number of carbonyl (C=O) groups is 2. The molecule has 1 saturated heterocycles. The molecule has 2 aliphatic rings. The summed E-state index contributed by atoms with van der Waals surface area (Å²) in [5, 5.41) is 5.97. The van der Waals surface area contributed by atoms with Gasteiger partial charge in [-0.3, -0.25) is 14.5 Å². The fraction of sp³-hybridized carbons (Fsp3) is 0.533. The van der Waals surface area contributed by atoms with Gasteiger partial charge in [0.05, 0.1) is 11.4 Å². The Morgan fingerprint density at radius 3 is 2.21 bits per heavy atom. The Morgan fingerprint density at radius 1 is 0.952 bits per heavy atom. The van der Waals surface area contributed by atoms with Crippen molar-refractivity contribution in [3.63, 3.8) is 0 Å². The van der Waals surface area contributed by atoms with E-state index in [1.807, 2.05) is 6.92 Å². The maximum atomic E-state index is 14.1. The van der Waals surface area contributed by atoms with E-state index in [1.165, 1.54) is 12.1 Å². The number of sulfone groups is 1. The van der Waals surface area contributed by atoms with Gasteiger partial charge in [0.1, 0.15) is 5.82 Å². The smallest absolute Gasteiger partial charge is 0.248 e. The second kappa shape index (κ2) is 13.0. The molecule has 1 aliphatic carbocycles. The maximum Gasteiger partial charge on any atom is 0.248 e. The average molecular weight is 609 g/mol. The van der Waals surface area contributed by atoms with Gasteiger partial charge in [-0.1, -0.05) is 19.1 Å². The summed E-state index contributed by atoms with van der Waals surface area (Å²) in [6.45, 7) is 4.71. The van der Waals surface area contributed by atoms with Crippen molar-refractivity contribution in [1.82, 2.24) is 15.1 Å². The van der Waals surface area contributed by atoms with Gasteiger partial charge in [-0.2, -0.15) is 0 Å². The molecule has 2 aromatic carbocycles. The summed E-state index contributed by atoms with van der Waals surface area (Å²) in [7, 11) is -3.27. The number of halogens is 3. The minimum absolute atomic E-state index is 0.125. The molecule has 2 amide bonds. The molecule has 8 nitrogen and oxygen atoms in total. The lowest BCUT2D eigenvalue weighted by atomic mass is 9.72. The molecule has 12 heteroatoms. The molecule has 0 unspecified atom stereocenters. The second-order valence-electron chi connectivity index (χ2n) is 11.8. The first-order chi connectivity index (χ1) is 19.7. The van der Waals surface area contributed by atoms with Crippen LogP contribution < -0.4 is 10.6 Å². The quantitative estimate of drug-likeness (QED) is 0.420. The number of amides is 2. The Morgan fingerprint density at radius 2 is 1.60 bits per heavy atom. The molecule has 42 heavy (non-hydrogen) atoms. The summed E-state index contributed by atoms with van der Waals surface area (Å²) < 4.78 is 64.5. The number of carbonyl (C=O) groups excluding carboxylic acids is 2. The first kappa shape index (κ1) is 31.8. The van der Waals surface area contributed by atoms with E-state index in [0.29, 0.717) is 39.3 Å².